The van der Waals surface area contributed by atoms with Crippen molar-refractivity contribution in [1.29, 1.82) is 0 Å². The van der Waals surface area contributed by atoms with Gasteiger partial charge >= 0.3 is 5.97 Å². The van der Waals surface area contributed by atoms with Crippen molar-refractivity contribution in [3.8, 4) is 0 Å². The second kappa shape index (κ2) is 55.7. The Bertz CT molecular complexity index is 1110. The van der Waals surface area contributed by atoms with Crippen LogP contribution in [0.1, 0.15) is 258 Å². The van der Waals surface area contributed by atoms with E-state index in [1.54, 1.807) is 0 Å². The highest BCUT2D eigenvalue weighted by Gasteiger charge is 2.13. The molecule has 63 heavy (non-hydrogen) atoms. The van der Waals surface area contributed by atoms with E-state index in [0.717, 1.165) is 70.6 Å². The second-order valence-electron chi connectivity index (χ2n) is 17.9. The second-order valence-corrected chi connectivity index (χ2v) is 17.9. The number of ether oxygens (including phenoxy) is 2. The maximum absolute atomic E-state index is 12.3. The Kier molecular flexibility index (Phi) is 53.6. The van der Waals surface area contributed by atoms with Crippen molar-refractivity contribution in [2.45, 2.75) is 264 Å². The lowest BCUT2D eigenvalue weighted by atomic mass is 10.0. The third-order valence-corrected chi connectivity index (χ3v) is 11.7. The molecule has 364 valence electrons. The summed E-state index contributed by atoms with van der Waals surface area (Å²) in [4.78, 5) is 12.3. The van der Waals surface area contributed by atoms with Gasteiger partial charge in [0, 0.05) is 13.0 Å². The lowest BCUT2D eigenvalue weighted by molar-refractivity contribution is -0.154. The Balaban J connectivity index is 3.45. The Labute approximate surface area is 392 Å². The van der Waals surface area contributed by atoms with Crippen molar-refractivity contribution in [2.24, 2.45) is 0 Å². The Hall–Kier alpha value is -2.43. The largest absolute Gasteiger partial charge is 0.457 e. The number of aliphatic hydroxyl groups excluding tert-OH is 1. The van der Waals surface area contributed by atoms with E-state index >= 15 is 0 Å². The number of allylic oxidation sites excluding steroid dienone is 14. The van der Waals surface area contributed by atoms with Crippen LogP contribution < -0.4 is 0 Å². The first-order valence-corrected chi connectivity index (χ1v) is 27.2. The molecule has 0 aromatic heterocycles. The molecule has 0 saturated heterocycles. The van der Waals surface area contributed by atoms with E-state index in [4.69, 9.17) is 9.47 Å². The molecule has 1 atom stereocenters. The normalized spacial score (nSPS) is 13.0. The number of carbonyl (C=O) groups is 1. The molecule has 0 bridgehead atoms. The van der Waals surface area contributed by atoms with Crippen LogP contribution in [0.5, 0.6) is 0 Å². The molecule has 0 aliphatic heterocycles. The highest BCUT2D eigenvalue weighted by molar-refractivity contribution is 5.69. The lowest BCUT2D eigenvalue weighted by Gasteiger charge is -2.16. The smallest absolute Gasteiger partial charge is 0.306 e. The summed E-state index contributed by atoms with van der Waals surface area (Å²) in [6.45, 7) is 5.23. The van der Waals surface area contributed by atoms with E-state index in [0.29, 0.717) is 13.0 Å². The summed E-state index contributed by atoms with van der Waals surface area (Å²) < 4.78 is 11.2. The molecule has 4 heteroatoms. The van der Waals surface area contributed by atoms with Crippen LogP contribution in [0.2, 0.25) is 0 Å². The molecule has 4 nitrogen and oxygen atoms in total. The number of aliphatic hydroxyl groups is 1. The molecule has 0 aromatic rings. The third-order valence-electron chi connectivity index (χ3n) is 11.7. The van der Waals surface area contributed by atoms with Crippen molar-refractivity contribution in [1.82, 2.24) is 0 Å². The number of hydrogen-bond acceptors (Lipinski definition) is 4. The minimum atomic E-state index is -0.548. The first-order chi connectivity index (χ1) is 31.2. The Morgan fingerprint density at radius 2 is 0.714 bits per heavy atom. The maximum atomic E-state index is 12.3. The first-order valence-electron chi connectivity index (χ1n) is 27.2. The van der Waals surface area contributed by atoms with Crippen molar-refractivity contribution in [2.75, 3.05) is 19.8 Å². The van der Waals surface area contributed by atoms with Crippen molar-refractivity contribution < 1.29 is 19.4 Å². The van der Waals surface area contributed by atoms with E-state index in [1.807, 2.05) is 0 Å². The molecule has 1 unspecified atom stereocenters. The van der Waals surface area contributed by atoms with Crippen LogP contribution in [0.4, 0.5) is 0 Å². The molecular formula is C59H104O4. The summed E-state index contributed by atoms with van der Waals surface area (Å²) in [5.74, 6) is -0.214. The number of unbranched alkanes of at least 4 members (excludes halogenated alkanes) is 28. The zero-order valence-corrected chi connectivity index (χ0v) is 41.8. The van der Waals surface area contributed by atoms with Gasteiger partial charge in [0.2, 0.25) is 0 Å². The van der Waals surface area contributed by atoms with Gasteiger partial charge in [-0.15, -0.1) is 0 Å². The zero-order valence-electron chi connectivity index (χ0n) is 41.8. The fraction of sp³-hybridized carbons (Fsp3) is 0.746. The Morgan fingerprint density at radius 1 is 0.397 bits per heavy atom. The molecule has 0 spiro atoms. The van der Waals surface area contributed by atoms with Gasteiger partial charge in [0.1, 0.15) is 6.10 Å². The van der Waals surface area contributed by atoms with Gasteiger partial charge in [0.05, 0.1) is 13.2 Å². The van der Waals surface area contributed by atoms with Crippen LogP contribution in [0.25, 0.3) is 0 Å². The number of rotatable bonds is 50. The SMILES string of the molecule is CC/C=C\C/C=C\C/C=C\C/C=C\C/C=C\C/C=C\CCCCCCCCC(=O)OC(CO)COCCCCCCCCCCCCCCCC/C=C\CCCCCCCCCC. The molecule has 0 radical (unpaired) electrons. The maximum Gasteiger partial charge on any atom is 0.306 e. The van der Waals surface area contributed by atoms with Crippen molar-refractivity contribution >= 4 is 5.97 Å². The van der Waals surface area contributed by atoms with E-state index in [2.05, 4.69) is 98.9 Å². The van der Waals surface area contributed by atoms with Crippen LogP contribution in [-0.4, -0.2) is 37.0 Å². The quantitative estimate of drug-likeness (QED) is 0.0376. The van der Waals surface area contributed by atoms with E-state index < -0.39 is 6.10 Å². The average Bonchev–Trinajstić information content (AvgIpc) is 3.29. The number of carbonyl (C=O) groups excluding carboxylic acids is 1. The number of esters is 1. The highest BCUT2D eigenvalue weighted by atomic mass is 16.6. The van der Waals surface area contributed by atoms with Gasteiger partial charge in [-0.05, 0) is 89.9 Å². The minimum absolute atomic E-state index is 0.181. The fourth-order valence-electron chi connectivity index (χ4n) is 7.68. The van der Waals surface area contributed by atoms with Crippen LogP contribution in [0.15, 0.2) is 85.1 Å². The molecule has 0 fully saturated rings. The van der Waals surface area contributed by atoms with Gasteiger partial charge in [0.15, 0.2) is 0 Å². The topological polar surface area (TPSA) is 55.8 Å². The fourth-order valence-corrected chi connectivity index (χ4v) is 7.68. The Morgan fingerprint density at radius 3 is 1.10 bits per heavy atom. The average molecular weight is 877 g/mol. The summed E-state index contributed by atoms with van der Waals surface area (Å²) in [5, 5.41) is 9.67. The summed E-state index contributed by atoms with van der Waals surface area (Å²) in [6.07, 6.45) is 78.3. The van der Waals surface area contributed by atoms with Gasteiger partial charge in [-0.1, -0.05) is 247 Å². The summed E-state index contributed by atoms with van der Waals surface area (Å²) in [5.41, 5.74) is 0. The summed E-state index contributed by atoms with van der Waals surface area (Å²) >= 11 is 0. The third kappa shape index (κ3) is 53.8. The molecule has 0 saturated carbocycles. The van der Waals surface area contributed by atoms with Gasteiger partial charge in [-0.3, -0.25) is 4.79 Å². The predicted molar refractivity (Wildman–Crippen MR) is 279 cm³/mol. The standard InChI is InChI=1S/C59H104O4/c1-3-5-7-9-11-13-15-17-19-21-23-25-27-29-31-33-35-37-39-41-43-45-47-49-51-53-55-62-57-58(56-60)63-59(61)54-52-50-48-46-44-42-40-38-36-34-32-30-28-26-24-22-20-18-16-14-12-10-8-6-4-2/h6,8,12,14,18,20-21,23-24,26,30,32,36,38,58,60H,3-5,7,9-11,13,15-17,19,22,25,27-29,31,33-35,37,39-57H2,1-2H3/b8-6-,14-12-,20-18-,23-21-,26-24-,32-30-,38-36-. The first kappa shape index (κ1) is 60.6. The molecule has 0 aromatic carbocycles. The molecule has 0 rings (SSSR count). The van der Waals surface area contributed by atoms with Crippen LogP contribution in [0, 0.1) is 0 Å². The molecule has 0 heterocycles. The van der Waals surface area contributed by atoms with E-state index in [1.165, 1.54) is 167 Å². The molecule has 0 amide bonds. The zero-order chi connectivity index (χ0) is 45.5. The van der Waals surface area contributed by atoms with Gasteiger partial charge in [0.25, 0.3) is 0 Å². The molecule has 0 aliphatic rings. The van der Waals surface area contributed by atoms with Gasteiger partial charge in [-0.25, -0.2) is 0 Å². The predicted octanol–water partition coefficient (Wildman–Crippen LogP) is 18.7. The molecular weight excluding hydrogens is 773 g/mol. The number of hydrogen-bond donors (Lipinski definition) is 1. The highest BCUT2D eigenvalue weighted by Crippen LogP contribution is 2.15. The monoisotopic (exact) mass is 877 g/mol. The van der Waals surface area contributed by atoms with Gasteiger partial charge in [-0.2, -0.15) is 0 Å². The van der Waals surface area contributed by atoms with E-state index in [-0.39, 0.29) is 19.2 Å². The van der Waals surface area contributed by atoms with Crippen molar-refractivity contribution in [3.05, 3.63) is 85.1 Å². The summed E-state index contributed by atoms with van der Waals surface area (Å²) in [7, 11) is 0. The minimum Gasteiger partial charge on any atom is -0.457 e. The van der Waals surface area contributed by atoms with Crippen LogP contribution in [-0.2, 0) is 14.3 Å². The molecule has 1 N–H and O–H groups in total. The summed E-state index contributed by atoms with van der Waals surface area (Å²) in [6, 6.07) is 0. The lowest BCUT2D eigenvalue weighted by Crippen LogP contribution is -2.27. The van der Waals surface area contributed by atoms with Crippen LogP contribution >= 0.6 is 0 Å². The van der Waals surface area contributed by atoms with Crippen molar-refractivity contribution in [3.63, 3.8) is 0 Å². The molecule has 0 aliphatic carbocycles. The van der Waals surface area contributed by atoms with Crippen LogP contribution in [0.3, 0.4) is 0 Å². The van der Waals surface area contributed by atoms with Gasteiger partial charge < -0.3 is 14.6 Å². The van der Waals surface area contributed by atoms with E-state index in [9.17, 15) is 9.90 Å².